The van der Waals surface area contributed by atoms with Gasteiger partial charge in [-0.05, 0) is 30.7 Å². The van der Waals surface area contributed by atoms with Crippen molar-refractivity contribution in [3.63, 3.8) is 0 Å². The fourth-order valence-electron chi connectivity index (χ4n) is 3.12. The van der Waals surface area contributed by atoms with Gasteiger partial charge in [0.25, 0.3) is 0 Å². The Morgan fingerprint density at radius 1 is 0.917 bits per heavy atom. The number of hydrogen-bond acceptors (Lipinski definition) is 2. The summed E-state index contributed by atoms with van der Waals surface area (Å²) in [4.78, 5) is 8.58. The quantitative estimate of drug-likeness (QED) is 0.522. The second-order valence-corrected chi connectivity index (χ2v) is 5.96. The maximum Gasteiger partial charge on any atom is 0.213 e. The van der Waals surface area contributed by atoms with Crippen LogP contribution in [0.3, 0.4) is 0 Å². The van der Waals surface area contributed by atoms with Crippen LogP contribution >= 0.6 is 0 Å². The van der Waals surface area contributed by atoms with Gasteiger partial charge in [-0.2, -0.15) is 4.57 Å². The van der Waals surface area contributed by atoms with Crippen LogP contribution in [-0.2, 0) is 7.05 Å². The second-order valence-electron chi connectivity index (χ2n) is 5.96. The third-order valence-electron chi connectivity index (χ3n) is 4.45. The average Bonchev–Trinajstić information content (AvgIpc) is 2.63. The van der Waals surface area contributed by atoms with Crippen LogP contribution in [0.15, 0.2) is 73.2 Å². The standard InChI is InChI=1S/C21H18N3/c1-15-5-3-4-6-18(15)20-10-9-16-7-8-17(13-21(16)24(20)2)19-14-22-11-12-23-19/h3-14H,1-2H3/q+1. The lowest BCUT2D eigenvalue weighted by Gasteiger charge is -2.07. The minimum Gasteiger partial charge on any atom is -0.261 e. The Bertz CT molecular complexity index is 1020. The van der Waals surface area contributed by atoms with Crippen molar-refractivity contribution in [3.05, 3.63) is 78.8 Å². The molecule has 0 bridgehead atoms. The largest absolute Gasteiger partial charge is 0.261 e. The predicted octanol–water partition coefficient (Wildman–Crippen LogP) is 4.10. The van der Waals surface area contributed by atoms with E-state index in [9.17, 15) is 0 Å². The molecule has 0 fully saturated rings. The van der Waals surface area contributed by atoms with Crippen molar-refractivity contribution in [2.75, 3.05) is 0 Å². The Hall–Kier alpha value is -3.07. The van der Waals surface area contributed by atoms with E-state index in [1.807, 2.05) is 0 Å². The first-order chi connectivity index (χ1) is 11.7. The van der Waals surface area contributed by atoms with Crippen LogP contribution in [0, 0.1) is 6.92 Å². The van der Waals surface area contributed by atoms with Gasteiger partial charge in [0.15, 0.2) is 0 Å². The monoisotopic (exact) mass is 312 g/mol. The molecule has 0 aliphatic carbocycles. The fourth-order valence-corrected chi connectivity index (χ4v) is 3.12. The normalized spacial score (nSPS) is 10.9. The molecule has 0 amide bonds. The predicted molar refractivity (Wildman–Crippen MR) is 96.3 cm³/mol. The smallest absolute Gasteiger partial charge is 0.213 e. The first kappa shape index (κ1) is 14.5. The summed E-state index contributed by atoms with van der Waals surface area (Å²) in [6, 6.07) is 19.3. The number of benzene rings is 2. The molecular weight excluding hydrogens is 294 g/mol. The topological polar surface area (TPSA) is 29.7 Å². The van der Waals surface area contributed by atoms with Crippen LogP contribution in [0.2, 0.25) is 0 Å². The molecule has 4 aromatic rings. The minimum absolute atomic E-state index is 0.890. The van der Waals surface area contributed by atoms with Crippen molar-refractivity contribution in [2.45, 2.75) is 6.92 Å². The van der Waals surface area contributed by atoms with Gasteiger partial charge in [0, 0.05) is 41.0 Å². The van der Waals surface area contributed by atoms with Crippen molar-refractivity contribution in [1.29, 1.82) is 0 Å². The van der Waals surface area contributed by atoms with Crippen LogP contribution in [0.4, 0.5) is 0 Å². The van der Waals surface area contributed by atoms with Crippen molar-refractivity contribution in [3.8, 4) is 22.5 Å². The molecule has 3 nitrogen and oxygen atoms in total. The first-order valence-corrected chi connectivity index (χ1v) is 7.99. The van der Waals surface area contributed by atoms with E-state index in [2.05, 4.69) is 83.1 Å². The molecule has 4 rings (SSSR count). The Morgan fingerprint density at radius 2 is 1.75 bits per heavy atom. The summed E-state index contributed by atoms with van der Waals surface area (Å²) < 4.78 is 2.25. The van der Waals surface area contributed by atoms with E-state index in [1.54, 1.807) is 18.6 Å². The van der Waals surface area contributed by atoms with Gasteiger partial charge in [0.1, 0.15) is 7.05 Å². The Balaban J connectivity index is 1.93. The third-order valence-corrected chi connectivity index (χ3v) is 4.45. The third kappa shape index (κ3) is 2.44. The van der Waals surface area contributed by atoms with E-state index >= 15 is 0 Å². The summed E-state index contributed by atoms with van der Waals surface area (Å²) >= 11 is 0. The van der Waals surface area contributed by atoms with Gasteiger partial charge >= 0.3 is 0 Å². The number of hydrogen-bond donors (Lipinski definition) is 0. The molecule has 0 N–H and O–H groups in total. The van der Waals surface area contributed by atoms with Crippen molar-refractivity contribution >= 4 is 10.9 Å². The lowest BCUT2D eigenvalue weighted by Crippen LogP contribution is -2.32. The molecule has 0 spiro atoms. The molecule has 0 radical (unpaired) electrons. The zero-order chi connectivity index (χ0) is 16.5. The summed E-state index contributed by atoms with van der Waals surface area (Å²) in [5.41, 5.74) is 6.88. The van der Waals surface area contributed by atoms with Crippen molar-refractivity contribution in [1.82, 2.24) is 9.97 Å². The average molecular weight is 312 g/mol. The molecule has 0 unspecified atom stereocenters. The highest BCUT2D eigenvalue weighted by Gasteiger charge is 2.16. The Morgan fingerprint density at radius 3 is 2.54 bits per heavy atom. The van der Waals surface area contributed by atoms with Gasteiger partial charge in [-0.15, -0.1) is 0 Å². The SMILES string of the molecule is Cc1ccccc1-c1ccc2ccc(-c3cnccn3)cc2[n+]1C. The lowest BCUT2D eigenvalue weighted by atomic mass is 10.0. The Labute approximate surface area is 141 Å². The van der Waals surface area contributed by atoms with Crippen molar-refractivity contribution in [2.24, 2.45) is 7.05 Å². The van der Waals surface area contributed by atoms with Crippen molar-refractivity contribution < 1.29 is 4.57 Å². The number of aryl methyl sites for hydroxylation is 2. The van der Waals surface area contributed by atoms with E-state index in [0.29, 0.717) is 0 Å². The second kappa shape index (κ2) is 5.85. The molecule has 0 saturated carbocycles. The maximum atomic E-state index is 4.41. The highest BCUT2D eigenvalue weighted by atomic mass is 14.9. The molecule has 0 saturated heterocycles. The van der Waals surface area contributed by atoms with E-state index in [4.69, 9.17) is 0 Å². The minimum atomic E-state index is 0.890. The number of aromatic nitrogens is 3. The zero-order valence-electron chi connectivity index (χ0n) is 13.8. The molecule has 2 heterocycles. The zero-order valence-corrected chi connectivity index (χ0v) is 13.8. The van der Waals surface area contributed by atoms with E-state index in [-0.39, 0.29) is 0 Å². The van der Waals surface area contributed by atoms with Crippen LogP contribution in [0.1, 0.15) is 5.56 Å². The molecule has 24 heavy (non-hydrogen) atoms. The van der Waals surface area contributed by atoms with E-state index < -0.39 is 0 Å². The molecule has 0 aliphatic rings. The number of pyridine rings is 1. The summed E-state index contributed by atoms with van der Waals surface area (Å²) in [7, 11) is 2.12. The summed E-state index contributed by atoms with van der Waals surface area (Å²) in [5, 5.41) is 1.21. The van der Waals surface area contributed by atoms with E-state index in [0.717, 1.165) is 11.3 Å². The molecule has 0 aliphatic heterocycles. The molecular formula is C21H18N3+. The molecule has 3 heteroatoms. The Kier molecular flexibility index (Phi) is 3.54. The highest BCUT2D eigenvalue weighted by Crippen LogP contribution is 2.25. The van der Waals surface area contributed by atoms with Gasteiger partial charge in [-0.3, -0.25) is 9.97 Å². The first-order valence-electron chi connectivity index (χ1n) is 7.99. The van der Waals surface area contributed by atoms with Gasteiger partial charge in [0.05, 0.1) is 11.9 Å². The maximum absolute atomic E-state index is 4.41. The van der Waals surface area contributed by atoms with Crippen LogP contribution < -0.4 is 4.57 Å². The van der Waals surface area contributed by atoms with Gasteiger partial charge in [0.2, 0.25) is 11.2 Å². The van der Waals surface area contributed by atoms with Gasteiger partial charge in [-0.1, -0.05) is 24.3 Å². The van der Waals surface area contributed by atoms with E-state index in [1.165, 1.54) is 27.7 Å². The molecule has 0 atom stereocenters. The lowest BCUT2D eigenvalue weighted by molar-refractivity contribution is -0.633. The fraction of sp³-hybridized carbons (Fsp3) is 0.0952. The highest BCUT2D eigenvalue weighted by molar-refractivity contribution is 5.82. The number of rotatable bonds is 2. The summed E-state index contributed by atoms with van der Waals surface area (Å²) in [5.74, 6) is 0. The van der Waals surface area contributed by atoms with Crippen LogP contribution in [0.5, 0.6) is 0 Å². The number of nitrogens with zero attached hydrogens (tertiary/aromatic N) is 3. The van der Waals surface area contributed by atoms with Gasteiger partial charge < -0.3 is 0 Å². The number of fused-ring (bicyclic) bond motifs is 1. The molecule has 116 valence electrons. The summed E-state index contributed by atoms with van der Waals surface area (Å²) in [6.07, 6.45) is 5.22. The van der Waals surface area contributed by atoms with Crippen LogP contribution in [0.25, 0.3) is 33.4 Å². The van der Waals surface area contributed by atoms with Gasteiger partial charge in [-0.25, -0.2) is 0 Å². The molecule has 2 aromatic carbocycles. The summed E-state index contributed by atoms with van der Waals surface area (Å²) in [6.45, 7) is 2.15. The molecule has 2 aromatic heterocycles. The van der Waals surface area contributed by atoms with Crippen LogP contribution in [-0.4, -0.2) is 9.97 Å².